The maximum absolute atomic E-state index is 10.8. The number of nitrogens with zero attached hydrogens (tertiary/aromatic N) is 5. The highest BCUT2D eigenvalue weighted by Gasteiger charge is 2.44. The fraction of sp³-hybridized carbons (Fsp3) is 0.440. The summed E-state index contributed by atoms with van der Waals surface area (Å²) in [6.07, 6.45) is 3.99. The average Bonchev–Trinajstić information content (AvgIpc) is 3.73. The molecule has 1 aliphatic carbocycles. The van der Waals surface area contributed by atoms with Gasteiger partial charge in [-0.1, -0.05) is 29.8 Å². The quantitative estimate of drug-likeness (QED) is 0.293. The predicted molar refractivity (Wildman–Crippen MR) is 136 cm³/mol. The second-order valence-corrected chi connectivity index (χ2v) is 10.3. The van der Waals surface area contributed by atoms with Crippen LogP contribution in [0, 0.1) is 0 Å². The van der Waals surface area contributed by atoms with E-state index in [1.54, 1.807) is 18.0 Å². The molecule has 1 saturated heterocycles. The average molecular weight is 525 g/mol. The zero-order valence-corrected chi connectivity index (χ0v) is 21.0. The van der Waals surface area contributed by atoms with Crippen molar-refractivity contribution >= 4 is 28.7 Å². The fourth-order valence-corrected chi connectivity index (χ4v) is 5.78. The number of benzene rings is 1. The van der Waals surface area contributed by atoms with E-state index in [0.29, 0.717) is 39.6 Å². The summed E-state index contributed by atoms with van der Waals surface area (Å²) in [5.74, 6) is 1.80. The maximum Gasteiger partial charge on any atom is 0.193 e. The van der Waals surface area contributed by atoms with Crippen LogP contribution in [0.25, 0.3) is 22.4 Å². The third kappa shape index (κ3) is 4.77. The van der Waals surface area contributed by atoms with Gasteiger partial charge < -0.3 is 29.5 Å². The van der Waals surface area contributed by atoms with Gasteiger partial charge in [-0.05, 0) is 37.1 Å². The number of hydrogen-bond donors (Lipinski definition) is 3. The number of fused-ring (bicyclic) bond motifs is 1. The lowest BCUT2D eigenvalue weighted by atomic mass is 10.1. The highest BCUT2D eigenvalue weighted by atomic mass is 32.2. The SMILES string of the molecule is COc1ccc(-c2cc(SC[C@@H]3O[C@@H](n4cnc5c(NC6CCCC6)ncnc54)[C@@H](O)[C@H]3O)on2)cc1. The minimum Gasteiger partial charge on any atom is -0.497 e. The van der Waals surface area contributed by atoms with E-state index in [1.807, 2.05) is 30.3 Å². The van der Waals surface area contributed by atoms with Crippen LogP contribution in [0.15, 0.2) is 52.6 Å². The second kappa shape index (κ2) is 10.3. The summed E-state index contributed by atoms with van der Waals surface area (Å²) >= 11 is 1.36. The molecule has 2 fully saturated rings. The number of thioether (sulfide) groups is 1. The van der Waals surface area contributed by atoms with Crippen molar-refractivity contribution in [1.82, 2.24) is 24.7 Å². The smallest absolute Gasteiger partial charge is 0.193 e. The first kappa shape index (κ1) is 24.2. The number of anilines is 1. The normalized spacial score (nSPS) is 24.2. The summed E-state index contributed by atoms with van der Waals surface area (Å²) in [5, 5.41) is 29.7. The Labute approximate surface area is 217 Å². The molecular weight excluding hydrogens is 496 g/mol. The van der Waals surface area contributed by atoms with Crippen LogP contribution in [-0.2, 0) is 4.74 Å². The molecule has 3 aromatic heterocycles. The van der Waals surface area contributed by atoms with Gasteiger partial charge in [-0.2, -0.15) is 0 Å². The first-order chi connectivity index (χ1) is 18.1. The van der Waals surface area contributed by atoms with Crippen molar-refractivity contribution in [3.05, 3.63) is 43.0 Å². The van der Waals surface area contributed by atoms with Crippen molar-refractivity contribution in [3.63, 3.8) is 0 Å². The van der Waals surface area contributed by atoms with Crippen molar-refractivity contribution in [2.75, 3.05) is 18.2 Å². The number of nitrogens with one attached hydrogen (secondary N) is 1. The van der Waals surface area contributed by atoms with Crippen LogP contribution in [0.3, 0.4) is 0 Å². The minimum atomic E-state index is -1.14. The predicted octanol–water partition coefficient (Wildman–Crippen LogP) is 3.26. The molecule has 194 valence electrons. The Bertz CT molecular complexity index is 1360. The highest BCUT2D eigenvalue weighted by molar-refractivity contribution is 7.99. The van der Waals surface area contributed by atoms with Crippen LogP contribution >= 0.6 is 11.8 Å². The van der Waals surface area contributed by atoms with E-state index in [9.17, 15) is 10.2 Å². The van der Waals surface area contributed by atoms with E-state index >= 15 is 0 Å². The monoisotopic (exact) mass is 524 g/mol. The molecule has 3 N–H and O–H groups in total. The number of aliphatic hydroxyl groups is 2. The highest BCUT2D eigenvalue weighted by Crippen LogP contribution is 2.36. The number of aliphatic hydroxyl groups excluding tert-OH is 2. The van der Waals surface area contributed by atoms with Gasteiger partial charge in [-0.15, -0.1) is 0 Å². The van der Waals surface area contributed by atoms with Crippen molar-refractivity contribution in [2.45, 2.75) is 61.4 Å². The van der Waals surface area contributed by atoms with Crippen molar-refractivity contribution < 1.29 is 24.2 Å². The second-order valence-electron chi connectivity index (χ2n) is 9.29. The summed E-state index contributed by atoms with van der Waals surface area (Å²) in [5.41, 5.74) is 2.76. The van der Waals surface area contributed by atoms with Crippen LogP contribution in [0.2, 0.25) is 0 Å². The Morgan fingerprint density at radius 3 is 2.70 bits per heavy atom. The zero-order valence-electron chi connectivity index (χ0n) is 20.2. The number of rotatable bonds is 8. The summed E-state index contributed by atoms with van der Waals surface area (Å²) in [7, 11) is 1.62. The summed E-state index contributed by atoms with van der Waals surface area (Å²) in [6.45, 7) is 0. The van der Waals surface area contributed by atoms with Gasteiger partial charge in [0.05, 0.1) is 19.5 Å². The molecule has 37 heavy (non-hydrogen) atoms. The standard InChI is InChI=1S/C25H28N6O5S/c1-34-16-8-6-14(7-9-16)17-10-19(36-30-17)37-11-18-21(32)22(33)25(35-18)31-13-28-20-23(26-12-27-24(20)31)29-15-4-2-3-5-15/h6-10,12-13,15,18,21-22,25,32-33H,2-5,11H2,1H3,(H,26,27,29)/t18-,21-,22-,25+/m0/s1. The van der Waals surface area contributed by atoms with E-state index in [2.05, 4.69) is 25.4 Å². The number of hydrogen-bond acceptors (Lipinski definition) is 11. The molecule has 0 unspecified atom stereocenters. The fourth-order valence-electron chi connectivity index (χ4n) is 4.89. The summed E-state index contributed by atoms with van der Waals surface area (Å²) in [4.78, 5) is 13.3. The van der Waals surface area contributed by atoms with E-state index < -0.39 is 24.5 Å². The first-order valence-electron chi connectivity index (χ1n) is 12.3. The molecule has 4 aromatic rings. The topological polar surface area (TPSA) is 141 Å². The molecule has 6 rings (SSSR count). The third-order valence-electron chi connectivity index (χ3n) is 6.93. The van der Waals surface area contributed by atoms with E-state index in [-0.39, 0.29) is 0 Å². The molecule has 1 aromatic carbocycles. The first-order valence-corrected chi connectivity index (χ1v) is 13.3. The molecule has 2 aliphatic rings. The largest absolute Gasteiger partial charge is 0.497 e. The van der Waals surface area contributed by atoms with Crippen LogP contribution in [0.4, 0.5) is 5.82 Å². The molecule has 0 radical (unpaired) electrons. The molecule has 4 heterocycles. The number of imidazole rings is 1. The zero-order chi connectivity index (χ0) is 25.4. The van der Waals surface area contributed by atoms with Crippen LogP contribution < -0.4 is 10.1 Å². The van der Waals surface area contributed by atoms with Crippen molar-refractivity contribution in [2.24, 2.45) is 0 Å². The van der Waals surface area contributed by atoms with Crippen molar-refractivity contribution in [3.8, 4) is 17.0 Å². The van der Waals surface area contributed by atoms with Gasteiger partial charge in [0.1, 0.15) is 30.0 Å². The Morgan fingerprint density at radius 2 is 1.92 bits per heavy atom. The van der Waals surface area contributed by atoms with Gasteiger partial charge in [0.2, 0.25) is 0 Å². The molecule has 4 atom stereocenters. The van der Waals surface area contributed by atoms with Gasteiger partial charge in [0, 0.05) is 23.4 Å². The van der Waals surface area contributed by atoms with Gasteiger partial charge >= 0.3 is 0 Å². The van der Waals surface area contributed by atoms with Crippen molar-refractivity contribution in [1.29, 1.82) is 0 Å². The van der Waals surface area contributed by atoms with E-state index in [4.69, 9.17) is 14.0 Å². The third-order valence-corrected chi connectivity index (χ3v) is 7.90. The molecular formula is C25H28N6O5S. The Kier molecular flexibility index (Phi) is 6.72. The molecule has 1 aliphatic heterocycles. The maximum atomic E-state index is 10.8. The Morgan fingerprint density at radius 1 is 1.11 bits per heavy atom. The molecule has 0 spiro atoms. The number of ether oxygens (including phenoxy) is 2. The van der Waals surface area contributed by atoms with Crippen LogP contribution in [0.1, 0.15) is 31.9 Å². The Hall–Kier alpha value is -3.19. The van der Waals surface area contributed by atoms with Crippen LogP contribution in [-0.4, -0.2) is 72.1 Å². The molecule has 11 nitrogen and oxygen atoms in total. The number of aromatic nitrogens is 5. The molecule has 0 amide bonds. The van der Waals surface area contributed by atoms with Gasteiger partial charge in [0.15, 0.2) is 28.3 Å². The van der Waals surface area contributed by atoms with E-state index in [1.165, 1.54) is 30.9 Å². The lowest BCUT2D eigenvalue weighted by Gasteiger charge is -2.17. The molecule has 1 saturated carbocycles. The molecule has 12 heteroatoms. The minimum absolute atomic E-state index is 0.363. The Balaban J connectivity index is 1.13. The van der Waals surface area contributed by atoms with Gasteiger partial charge in [0.25, 0.3) is 0 Å². The molecule has 0 bridgehead atoms. The van der Waals surface area contributed by atoms with Gasteiger partial charge in [-0.3, -0.25) is 4.57 Å². The number of methoxy groups -OCH3 is 1. The lowest BCUT2D eigenvalue weighted by molar-refractivity contribution is -0.0289. The van der Waals surface area contributed by atoms with Crippen LogP contribution in [0.5, 0.6) is 5.75 Å². The summed E-state index contributed by atoms with van der Waals surface area (Å²) < 4.78 is 18.4. The van der Waals surface area contributed by atoms with E-state index in [0.717, 1.165) is 24.2 Å². The lowest BCUT2D eigenvalue weighted by Crippen LogP contribution is -2.32. The summed E-state index contributed by atoms with van der Waals surface area (Å²) in [6, 6.07) is 9.74. The van der Waals surface area contributed by atoms with Gasteiger partial charge in [-0.25, -0.2) is 15.0 Å².